The van der Waals surface area contributed by atoms with Crippen LogP contribution in [-0.2, 0) is 17.8 Å². The molecule has 2 N–H and O–H groups in total. The Hall–Kier alpha value is -1.52. The summed E-state index contributed by atoms with van der Waals surface area (Å²) in [5.41, 5.74) is 7.43. The lowest BCUT2D eigenvalue weighted by atomic mass is 10.1. The van der Waals surface area contributed by atoms with Gasteiger partial charge in [0.15, 0.2) is 0 Å². The van der Waals surface area contributed by atoms with Crippen molar-refractivity contribution in [3.05, 3.63) is 11.3 Å². The molecule has 0 unspecified atom stereocenters. The van der Waals surface area contributed by atoms with E-state index < -0.39 is 0 Å². The van der Waals surface area contributed by atoms with E-state index in [1.165, 1.54) is 0 Å². The van der Waals surface area contributed by atoms with Gasteiger partial charge in [-0.1, -0.05) is 5.16 Å². The molecule has 0 radical (unpaired) electrons. The van der Waals surface area contributed by atoms with E-state index in [1.54, 1.807) is 0 Å². The normalized spacial score (nSPS) is 20.1. The molecule has 0 aromatic carbocycles. The summed E-state index contributed by atoms with van der Waals surface area (Å²) in [6.45, 7) is 1.30. The van der Waals surface area contributed by atoms with E-state index >= 15 is 0 Å². The number of amides is 1. The zero-order valence-corrected chi connectivity index (χ0v) is 8.40. The number of carbonyl (C=O) groups excluding carboxylic acids is 1. The molecule has 0 bridgehead atoms. The first-order valence-corrected chi connectivity index (χ1v) is 5.27. The lowest BCUT2D eigenvalue weighted by Crippen LogP contribution is -2.36. The van der Waals surface area contributed by atoms with Gasteiger partial charge in [-0.3, -0.25) is 4.79 Å². The summed E-state index contributed by atoms with van der Waals surface area (Å²) in [4.78, 5) is 13.7. The number of rotatable bonds is 1. The zero-order valence-electron chi connectivity index (χ0n) is 8.40. The Labute approximate surface area is 87.2 Å². The summed E-state index contributed by atoms with van der Waals surface area (Å²) in [5, 5.41) is 3.87. The van der Waals surface area contributed by atoms with Crippen LogP contribution in [0.15, 0.2) is 4.52 Å². The topological polar surface area (TPSA) is 72.4 Å². The standard InChI is InChI=1S/C10H13N3O2/c11-9-7-3-4-13(5-8(7)12-15-9)10(14)6-1-2-6/h6H,1-5,11H2. The predicted octanol–water partition coefficient (Wildman–Crippen LogP) is 0.551. The lowest BCUT2D eigenvalue weighted by molar-refractivity contribution is -0.133. The smallest absolute Gasteiger partial charge is 0.226 e. The molecular weight excluding hydrogens is 194 g/mol. The number of nitrogens with zero attached hydrogens (tertiary/aromatic N) is 2. The van der Waals surface area contributed by atoms with Crippen LogP contribution >= 0.6 is 0 Å². The number of carbonyl (C=O) groups is 1. The third-order valence-corrected chi connectivity index (χ3v) is 3.11. The maximum absolute atomic E-state index is 11.8. The summed E-state index contributed by atoms with van der Waals surface area (Å²) in [7, 11) is 0. The molecule has 2 heterocycles. The zero-order chi connectivity index (χ0) is 10.4. The summed E-state index contributed by atoms with van der Waals surface area (Å²) in [5.74, 6) is 0.946. The Morgan fingerprint density at radius 1 is 1.53 bits per heavy atom. The van der Waals surface area contributed by atoms with Crippen LogP contribution in [0.1, 0.15) is 24.1 Å². The van der Waals surface area contributed by atoms with E-state index in [0.29, 0.717) is 12.4 Å². The van der Waals surface area contributed by atoms with Gasteiger partial charge in [0.05, 0.1) is 6.54 Å². The first-order chi connectivity index (χ1) is 7.25. The van der Waals surface area contributed by atoms with Crippen molar-refractivity contribution in [3.63, 3.8) is 0 Å². The molecule has 0 saturated heterocycles. The van der Waals surface area contributed by atoms with Gasteiger partial charge in [-0.25, -0.2) is 0 Å². The minimum Gasteiger partial charge on any atom is -0.367 e. The molecule has 1 aliphatic carbocycles. The number of fused-ring (bicyclic) bond motifs is 1. The highest BCUT2D eigenvalue weighted by Crippen LogP contribution is 2.33. The monoisotopic (exact) mass is 207 g/mol. The van der Waals surface area contributed by atoms with E-state index in [0.717, 1.165) is 37.1 Å². The van der Waals surface area contributed by atoms with E-state index in [1.807, 2.05) is 4.90 Å². The highest BCUT2D eigenvalue weighted by atomic mass is 16.5. The second-order valence-corrected chi connectivity index (χ2v) is 4.26. The van der Waals surface area contributed by atoms with Crippen molar-refractivity contribution >= 4 is 11.8 Å². The minimum absolute atomic E-state index is 0.266. The Kier molecular flexibility index (Phi) is 1.74. The molecule has 1 aliphatic heterocycles. The maximum Gasteiger partial charge on any atom is 0.226 e. The molecule has 2 aliphatic rings. The van der Waals surface area contributed by atoms with E-state index in [2.05, 4.69) is 5.16 Å². The third kappa shape index (κ3) is 1.38. The van der Waals surface area contributed by atoms with Crippen LogP contribution < -0.4 is 5.73 Å². The Bertz CT molecular complexity index is 409. The lowest BCUT2D eigenvalue weighted by Gasteiger charge is -2.25. The minimum atomic E-state index is 0.266. The van der Waals surface area contributed by atoms with Gasteiger partial charge in [0.1, 0.15) is 5.69 Å². The SMILES string of the molecule is Nc1onc2c1CCN(C(=O)C1CC1)C2. The van der Waals surface area contributed by atoms with Crippen molar-refractivity contribution in [3.8, 4) is 0 Å². The molecule has 80 valence electrons. The molecule has 1 aromatic heterocycles. The summed E-state index contributed by atoms with van der Waals surface area (Å²) >= 11 is 0. The highest BCUT2D eigenvalue weighted by Gasteiger charge is 2.35. The Morgan fingerprint density at radius 3 is 3.07 bits per heavy atom. The van der Waals surface area contributed by atoms with Crippen molar-refractivity contribution < 1.29 is 9.32 Å². The fourth-order valence-corrected chi connectivity index (χ4v) is 2.03. The van der Waals surface area contributed by atoms with Crippen LogP contribution in [0.2, 0.25) is 0 Å². The van der Waals surface area contributed by atoms with Gasteiger partial charge >= 0.3 is 0 Å². The number of anilines is 1. The summed E-state index contributed by atoms with van der Waals surface area (Å²) < 4.78 is 4.91. The summed E-state index contributed by atoms with van der Waals surface area (Å²) in [6.07, 6.45) is 2.86. The molecule has 1 amide bonds. The van der Waals surface area contributed by atoms with Crippen LogP contribution in [0.3, 0.4) is 0 Å². The molecule has 5 heteroatoms. The average molecular weight is 207 g/mol. The van der Waals surface area contributed by atoms with Gasteiger partial charge in [0.2, 0.25) is 11.8 Å². The van der Waals surface area contributed by atoms with Gasteiger partial charge < -0.3 is 15.2 Å². The molecule has 1 saturated carbocycles. The first-order valence-electron chi connectivity index (χ1n) is 5.27. The molecule has 1 fully saturated rings. The van der Waals surface area contributed by atoms with Crippen LogP contribution in [0.25, 0.3) is 0 Å². The van der Waals surface area contributed by atoms with Crippen molar-refractivity contribution in [2.75, 3.05) is 12.3 Å². The van der Waals surface area contributed by atoms with Crippen molar-refractivity contribution in [2.24, 2.45) is 5.92 Å². The Morgan fingerprint density at radius 2 is 2.33 bits per heavy atom. The van der Waals surface area contributed by atoms with Gasteiger partial charge in [-0.2, -0.15) is 0 Å². The van der Waals surface area contributed by atoms with E-state index in [-0.39, 0.29) is 11.8 Å². The third-order valence-electron chi connectivity index (χ3n) is 3.11. The molecule has 1 aromatic rings. The second kappa shape index (κ2) is 2.98. The van der Waals surface area contributed by atoms with Crippen LogP contribution in [0.5, 0.6) is 0 Å². The molecule has 0 spiro atoms. The van der Waals surface area contributed by atoms with Crippen LogP contribution in [0.4, 0.5) is 5.88 Å². The van der Waals surface area contributed by atoms with Gasteiger partial charge in [-0.05, 0) is 19.3 Å². The largest absolute Gasteiger partial charge is 0.367 e. The number of hydrogen-bond donors (Lipinski definition) is 1. The van der Waals surface area contributed by atoms with E-state index in [4.69, 9.17) is 10.3 Å². The first kappa shape index (κ1) is 8.76. The quantitative estimate of drug-likeness (QED) is 0.730. The summed E-state index contributed by atoms with van der Waals surface area (Å²) in [6, 6.07) is 0. The molecule has 0 atom stereocenters. The molecule has 15 heavy (non-hydrogen) atoms. The van der Waals surface area contributed by atoms with Crippen LogP contribution in [-0.4, -0.2) is 22.5 Å². The number of hydrogen-bond acceptors (Lipinski definition) is 4. The molecule has 5 nitrogen and oxygen atoms in total. The van der Waals surface area contributed by atoms with Crippen LogP contribution in [0, 0.1) is 5.92 Å². The van der Waals surface area contributed by atoms with Gasteiger partial charge in [-0.15, -0.1) is 0 Å². The fourth-order valence-electron chi connectivity index (χ4n) is 2.03. The Balaban J connectivity index is 1.79. The van der Waals surface area contributed by atoms with Crippen molar-refractivity contribution in [1.82, 2.24) is 10.1 Å². The highest BCUT2D eigenvalue weighted by molar-refractivity contribution is 5.81. The van der Waals surface area contributed by atoms with Crippen molar-refractivity contribution in [1.29, 1.82) is 0 Å². The number of aromatic nitrogens is 1. The molecule has 3 rings (SSSR count). The molecular formula is C10H13N3O2. The number of nitrogen functional groups attached to an aromatic ring is 1. The predicted molar refractivity (Wildman–Crippen MR) is 52.8 cm³/mol. The average Bonchev–Trinajstić information content (AvgIpc) is 3.03. The van der Waals surface area contributed by atoms with Crippen molar-refractivity contribution in [2.45, 2.75) is 25.8 Å². The maximum atomic E-state index is 11.8. The van der Waals surface area contributed by atoms with Gasteiger partial charge in [0, 0.05) is 18.0 Å². The fraction of sp³-hybridized carbons (Fsp3) is 0.600. The number of nitrogens with two attached hydrogens (primary N) is 1. The second-order valence-electron chi connectivity index (χ2n) is 4.26. The van der Waals surface area contributed by atoms with Gasteiger partial charge in [0.25, 0.3) is 0 Å². The van der Waals surface area contributed by atoms with E-state index in [9.17, 15) is 4.79 Å².